The van der Waals surface area contributed by atoms with E-state index in [0.717, 1.165) is 0 Å². The Morgan fingerprint density at radius 1 is 1.14 bits per heavy atom. The molecule has 0 bridgehead atoms. The number of halogens is 5. The van der Waals surface area contributed by atoms with Crippen molar-refractivity contribution in [1.82, 2.24) is 4.57 Å². The SMILES string of the molecule is COCOc1ccc(C)c(-n2cc(Br)c(=O)c(Cl)c2-c2c(F)cc(F)cc2F)c1. The zero-order valence-corrected chi connectivity index (χ0v) is 17.6. The van der Waals surface area contributed by atoms with E-state index in [1.807, 2.05) is 0 Å². The number of methoxy groups -OCH3 is 1. The quantitative estimate of drug-likeness (QED) is 0.437. The molecule has 29 heavy (non-hydrogen) atoms. The summed E-state index contributed by atoms with van der Waals surface area (Å²) >= 11 is 9.32. The summed E-state index contributed by atoms with van der Waals surface area (Å²) < 4.78 is 54.2. The van der Waals surface area contributed by atoms with Crippen LogP contribution in [0.1, 0.15) is 5.56 Å². The zero-order chi connectivity index (χ0) is 21.3. The first-order valence-electron chi connectivity index (χ1n) is 8.23. The van der Waals surface area contributed by atoms with E-state index >= 15 is 0 Å². The number of hydrogen-bond acceptors (Lipinski definition) is 3. The molecule has 0 saturated carbocycles. The van der Waals surface area contributed by atoms with Crippen molar-refractivity contribution >= 4 is 27.5 Å². The Bertz CT molecular complexity index is 1130. The van der Waals surface area contributed by atoms with E-state index in [1.165, 1.54) is 17.9 Å². The van der Waals surface area contributed by atoms with Gasteiger partial charge in [0, 0.05) is 31.5 Å². The highest BCUT2D eigenvalue weighted by Crippen LogP contribution is 2.35. The van der Waals surface area contributed by atoms with Crippen molar-refractivity contribution in [2.45, 2.75) is 6.92 Å². The Kier molecular flexibility index (Phi) is 6.36. The molecule has 0 aliphatic rings. The van der Waals surface area contributed by atoms with Gasteiger partial charge in [0.25, 0.3) is 0 Å². The van der Waals surface area contributed by atoms with Crippen LogP contribution in [0.15, 0.2) is 45.8 Å². The second-order valence-corrected chi connectivity index (χ2v) is 7.31. The lowest BCUT2D eigenvalue weighted by molar-refractivity contribution is 0.0511. The number of aromatic nitrogens is 1. The summed E-state index contributed by atoms with van der Waals surface area (Å²) in [6, 6.07) is 6.06. The standard InChI is InChI=1S/C20H14BrClF3NO3/c1-10-3-4-12(29-9-28-2)7-16(10)26-8-13(21)20(27)18(22)19(26)17-14(24)5-11(23)6-15(17)25/h3-8H,9H2,1-2H3. The maximum atomic E-state index is 14.5. The lowest BCUT2D eigenvalue weighted by atomic mass is 10.1. The smallest absolute Gasteiger partial charge is 0.214 e. The predicted octanol–water partition coefficient (Wildman–Crippen LogP) is 5.63. The van der Waals surface area contributed by atoms with Gasteiger partial charge in [0.05, 0.1) is 21.4 Å². The summed E-state index contributed by atoms with van der Waals surface area (Å²) in [4.78, 5) is 12.4. The van der Waals surface area contributed by atoms with Gasteiger partial charge in [-0.2, -0.15) is 0 Å². The molecule has 2 aromatic carbocycles. The minimum atomic E-state index is -1.19. The van der Waals surface area contributed by atoms with Crippen LogP contribution in [0.4, 0.5) is 13.2 Å². The van der Waals surface area contributed by atoms with Gasteiger partial charge in [-0.05, 0) is 34.5 Å². The summed E-state index contributed by atoms with van der Waals surface area (Å²) in [7, 11) is 1.46. The van der Waals surface area contributed by atoms with Crippen LogP contribution >= 0.6 is 27.5 Å². The van der Waals surface area contributed by atoms with E-state index in [0.29, 0.717) is 29.1 Å². The normalized spacial score (nSPS) is 11.0. The molecule has 1 heterocycles. The van der Waals surface area contributed by atoms with E-state index in [1.54, 1.807) is 25.1 Å². The van der Waals surface area contributed by atoms with Crippen molar-refractivity contribution in [3.8, 4) is 22.7 Å². The molecule has 9 heteroatoms. The molecule has 152 valence electrons. The van der Waals surface area contributed by atoms with Gasteiger partial charge < -0.3 is 14.0 Å². The van der Waals surface area contributed by atoms with Crippen LogP contribution < -0.4 is 10.2 Å². The molecular weight excluding hydrogens is 475 g/mol. The molecule has 0 radical (unpaired) electrons. The van der Waals surface area contributed by atoms with Gasteiger partial charge in [0.15, 0.2) is 6.79 Å². The molecule has 0 atom stereocenters. The maximum absolute atomic E-state index is 14.5. The van der Waals surface area contributed by atoms with Crippen LogP contribution in [0.2, 0.25) is 5.02 Å². The Balaban J connectivity index is 2.37. The number of aryl methyl sites for hydroxylation is 1. The topological polar surface area (TPSA) is 40.5 Å². The number of rotatable bonds is 5. The first kappa shape index (κ1) is 21.4. The lowest BCUT2D eigenvalue weighted by Gasteiger charge is -2.19. The van der Waals surface area contributed by atoms with E-state index < -0.39 is 33.5 Å². The average Bonchev–Trinajstić information content (AvgIpc) is 2.66. The number of hydrogen-bond donors (Lipinski definition) is 0. The zero-order valence-electron chi connectivity index (χ0n) is 15.2. The van der Waals surface area contributed by atoms with Crippen LogP contribution in [0.3, 0.4) is 0 Å². The second kappa shape index (κ2) is 8.61. The third-order valence-corrected chi connectivity index (χ3v) is 5.05. The van der Waals surface area contributed by atoms with E-state index in [-0.39, 0.29) is 17.0 Å². The molecule has 0 N–H and O–H groups in total. The predicted molar refractivity (Wildman–Crippen MR) is 107 cm³/mol. The first-order valence-corrected chi connectivity index (χ1v) is 9.40. The van der Waals surface area contributed by atoms with E-state index in [2.05, 4.69) is 15.9 Å². The monoisotopic (exact) mass is 487 g/mol. The first-order chi connectivity index (χ1) is 13.7. The molecule has 4 nitrogen and oxygen atoms in total. The number of nitrogens with zero attached hydrogens (tertiary/aromatic N) is 1. The molecule has 3 aromatic rings. The molecular formula is C20H14BrClF3NO3. The van der Waals surface area contributed by atoms with Crippen LogP contribution in [0, 0.1) is 24.4 Å². The summed E-state index contributed by atoms with van der Waals surface area (Å²) in [5.41, 5.74) is -0.388. The van der Waals surface area contributed by atoms with Crippen LogP contribution in [-0.2, 0) is 4.74 Å². The fourth-order valence-corrected chi connectivity index (χ4v) is 3.61. The van der Waals surface area contributed by atoms with Crippen molar-refractivity contribution in [2.24, 2.45) is 0 Å². The summed E-state index contributed by atoms with van der Waals surface area (Å²) in [6.07, 6.45) is 1.34. The van der Waals surface area contributed by atoms with Crippen LogP contribution in [0.5, 0.6) is 5.75 Å². The minimum absolute atomic E-state index is 0.00874. The van der Waals surface area contributed by atoms with E-state index in [9.17, 15) is 18.0 Å². The Labute approximate surface area is 177 Å². The Morgan fingerprint density at radius 3 is 2.41 bits per heavy atom. The molecule has 0 spiro atoms. The van der Waals surface area contributed by atoms with Gasteiger partial charge in [0.1, 0.15) is 28.2 Å². The fourth-order valence-electron chi connectivity index (χ4n) is 2.81. The van der Waals surface area contributed by atoms with Crippen LogP contribution in [-0.4, -0.2) is 18.5 Å². The van der Waals surface area contributed by atoms with Gasteiger partial charge >= 0.3 is 0 Å². The van der Waals surface area contributed by atoms with Crippen molar-refractivity contribution in [2.75, 3.05) is 13.9 Å². The molecule has 1 aromatic heterocycles. The van der Waals surface area contributed by atoms with Gasteiger partial charge in [0.2, 0.25) is 5.43 Å². The summed E-state index contributed by atoms with van der Waals surface area (Å²) in [5, 5.41) is -0.425. The summed E-state index contributed by atoms with van der Waals surface area (Å²) in [6.45, 7) is 1.75. The van der Waals surface area contributed by atoms with Gasteiger partial charge in [-0.1, -0.05) is 17.7 Å². The van der Waals surface area contributed by atoms with Crippen molar-refractivity contribution in [3.63, 3.8) is 0 Å². The number of ether oxygens (including phenoxy) is 2. The molecule has 0 saturated heterocycles. The third kappa shape index (κ3) is 4.19. The number of pyridine rings is 1. The third-order valence-electron chi connectivity index (χ3n) is 4.13. The fraction of sp³-hybridized carbons (Fsp3) is 0.150. The van der Waals surface area contributed by atoms with Gasteiger partial charge in [-0.25, -0.2) is 13.2 Å². The highest BCUT2D eigenvalue weighted by atomic mass is 79.9. The Morgan fingerprint density at radius 2 is 1.79 bits per heavy atom. The van der Waals surface area contributed by atoms with E-state index in [4.69, 9.17) is 21.1 Å². The second-order valence-electron chi connectivity index (χ2n) is 6.08. The number of benzene rings is 2. The Hall–Kier alpha value is -2.29. The molecule has 0 aliphatic heterocycles. The largest absolute Gasteiger partial charge is 0.467 e. The highest BCUT2D eigenvalue weighted by Gasteiger charge is 2.23. The van der Waals surface area contributed by atoms with Crippen LogP contribution in [0.25, 0.3) is 16.9 Å². The summed E-state index contributed by atoms with van der Waals surface area (Å²) in [5.74, 6) is -3.05. The van der Waals surface area contributed by atoms with Crippen molar-refractivity contribution in [1.29, 1.82) is 0 Å². The molecule has 3 rings (SSSR count). The highest BCUT2D eigenvalue weighted by molar-refractivity contribution is 9.10. The lowest BCUT2D eigenvalue weighted by Crippen LogP contribution is -2.14. The van der Waals surface area contributed by atoms with Crippen molar-refractivity contribution < 1.29 is 22.6 Å². The molecule has 0 unspecified atom stereocenters. The molecule has 0 amide bonds. The molecule has 0 aliphatic carbocycles. The maximum Gasteiger partial charge on any atom is 0.214 e. The minimum Gasteiger partial charge on any atom is -0.467 e. The van der Waals surface area contributed by atoms with Gasteiger partial charge in [-0.15, -0.1) is 0 Å². The average molecular weight is 489 g/mol. The van der Waals surface area contributed by atoms with Crippen molar-refractivity contribution in [3.05, 3.63) is 79.3 Å². The van der Waals surface area contributed by atoms with Gasteiger partial charge in [-0.3, -0.25) is 4.79 Å². The molecule has 0 fully saturated rings.